The number of amides is 1. The van der Waals surface area contributed by atoms with Crippen LogP contribution in [0.25, 0.3) is 0 Å². The molecule has 3 nitrogen and oxygen atoms in total. The molecule has 0 aromatic heterocycles. The Morgan fingerprint density at radius 1 is 1.29 bits per heavy atom. The maximum atomic E-state index is 11.9. The number of likely N-dealkylation sites (tertiary alicyclic amines) is 1. The number of carbonyl (C=O) groups is 1. The molecule has 2 aliphatic rings. The number of hydrogen-bond donors (Lipinski definition) is 0. The molecule has 0 unspecified atom stereocenters. The number of fused-ring (bicyclic) bond motifs is 2. The molecule has 2 bridgehead atoms. The summed E-state index contributed by atoms with van der Waals surface area (Å²) in [6.07, 6.45) is 5.19. The molecule has 1 aliphatic carbocycles. The molecule has 0 saturated carbocycles. The van der Waals surface area contributed by atoms with Crippen molar-refractivity contribution >= 4 is 6.09 Å². The molecule has 1 amide bonds. The van der Waals surface area contributed by atoms with Crippen LogP contribution >= 0.6 is 0 Å². The first kappa shape index (κ1) is 10.4. The summed E-state index contributed by atoms with van der Waals surface area (Å²) in [7, 11) is 0. The summed E-state index contributed by atoms with van der Waals surface area (Å²) in [4.78, 5) is 13.7. The average Bonchev–Trinajstić information content (AvgIpc) is 2.99. The molecular formula is C14H15NO2. The Kier molecular flexibility index (Phi) is 2.59. The van der Waals surface area contributed by atoms with Crippen LogP contribution in [-0.4, -0.2) is 23.6 Å². The number of benzene rings is 1. The number of rotatable bonds is 2. The van der Waals surface area contributed by atoms with Crippen LogP contribution in [0.1, 0.15) is 12.0 Å². The zero-order chi connectivity index (χ0) is 11.7. The second-order valence-electron chi connectivity index (χ2n) is 4.64. The molecule has 1 aromatic rings. The van der Waals surface area contributed by atoms with E-state index in [1.54, 1.807) is 0 Å². The van der Waals surface area contributed by atoms with E-state index in [9.17, 15) is 4.79 Å². The topological polar surface area (TPSA) is 29.5 Å². The van der Waals surface area contributed by atoms with Crippen LogP contribution in [0.3, 0.4) is 0 Å². The fourth-order valence-corrected chi connectivity index (χ4v) is 2.52. The molecule has 1 heterocycles. The van der Waals surface area contributed by atoms with Gasteiger partial charge in [-0.3, -0.25) is 0 Å². The third-order valence-corrected chi connectivity index (χ3v) is 3.42. The Hall–Kier alpha value is -1.77. The molecule has 0 spiro atoms. The Balaban J connectivity index is 1.56. The minimum absolute atomic E-state index is 0.189. The minimum atomic E-state index is -0.189. The second-order valence-corrected chi connectivity index (χ2v) is 4.64. The lowest BCUT2D eigenvalue weighted by Crippen LogP contribution is -2.36. The Bertz CT molecular complexity index is 441. The first-order valence-electron chi connectivity index (χ1n) is 5.98. The van der Waals surface area contributed by atoms with Gasteiger partial charge in [0.25, 0.3) is 0 Å². The zero-order valence-electron chi connectivity index (χ0n) is 9.58. The lowest BCUT2D eigenvalue weighted by Gasteiger charge is -2.23. The maximum Gasteiger partial charge on any atom is 0.410 e. The van der Waals surface area contributed by atoms with Gasteiger partial charge in [0.15, 0.2) is 0 Å². The summed E-state index contributed by atoms with van der Waals surface area (Å²) in [6, 6.07) is 10.0. The van der Waals surface area contributed by atoms with E-state index in [4.69, 9.17) is 4.74 Å². The van der Waals surface area contributed by atoms with Crippen LogP contribution in [0.15, 0.2) is 42.5 Å². The highest BCUT2D eigenvalue weighted by Crippen LogP contribution is 2.31. The summed E-state index contributed by atoms with van der Waals surface area (Å²) >= 11 is 0. The van der Waals surface area contributed by atoms with E-state index >= 15 is 0 Å². The Morgan fingerprint density at radius 2 is 2.12 bits per heavy atom. The van der Waals surface area contributed by atoms with Gasteiger partial charge in [0, 0.05) is 6.54 Å². The van der Waals surface area contributed by atoms with Gasteiger partial charge >= 0.3 is 6.09 Å². The molecule has 0 radical (unpaired) electrons. The average molecular weight is 229 g/mol. The summed E-state index contributed by atoms with van der Waals surface area (Å²) in [5.41, 5.74) is 1.03. The summed E-state index contributed by atoms with van der Waals surface area (Å²) in [6.45, 7) is 1.17. The Labute approximate surface area is 101 Å². The summed E-state index contributed by atoms with van der Waals surface area (Å²) in [5, 5.41) is 0. The molecule has 17 heavy (non-hydrogen) atoms. The number of ether oxygens (including phenoxy) is 1. The van der Waals surface area contributed by atoms with Crippen LogP contribution in [0, 0.1) is 5.92 Å². The normalized spacial score (nSPS) is 25.3. The number of nitrogens with zero attached hydrogens (tertiary/aromatic N) is 1. The van der Waals surface area contributed by atoms with E-state index in [0.717, 1.165) is 18.5 Å². The number of carbonyl (C=O) groups excluding carboxylic acids is 1. The monoisotopic (exact) mass is 229 g/mol. The highest BCUT2D eigenvalue weighted by molar-refractivity contribution is 5.69. The van der Waals surface area contributed by atoms with Crippen LogP contribution in [0.2, 0.25) is 0 Å². The van der Waals surface area contributed by atoms with Gasteiger partial charge in [-0.1, -0.05) is 42.5 Å². The van der Waals surface area contributed by atoms with E-state index in [2.05, 4.69) is 12.2 Å². The van der Waals surface area contributed by atoms with E-state index < -0.39 is 0 Å². The van der Waals surface area contributed by atoms with Gasteiger partial charge in [0.2, 0.25) is 0 Å². The lowest BCUT2D eigenvalue weighted by atomic mass is 10.2. The molecular weight excluding hydrogens is 214 g/mol. The molecule has 88 valence electrons. The van der Waals surface area contributed by atoms with Crippen molar-refractivity contribution in [2.75, 3.05) is 6.54 Å². The highest BCUT2D eigenvalue weighted by atomic mass is 16.6. The third-order valence-electron chi connectivity index (χ3n) is 3.42. The van der Waals surface area contributed by atoms with Crippen molar-refractivity contribution in [1.82, 2.24) is 4.90 Å². The Morgan fingerprint density at radius 3 is 2.76 bits per heavy atom. The van der Waals surface area contributed by atoms with E-state index in [0.29, 0.717) is 12.5 Å². The van der Waals surface area contributed by atoms with E-state index in [1.807, 2.05) is 35.2 Å². The molecule has 3 heteroatoms. The molecule has 1 aromatic carbocycles. The molecule has 3 rings (SSSR count). The lowest BCUT2D eigenvalue weighted by molar-refractivity contribution is 0.0959. The standard InChI is InChI=1S/C14H15NO2/c16-14(15-9-12-6-7-13(15)8-12)17-10-11-4-2-1-3-5-11/h1-7,12-13H,8-10H2/t12-,13+/m0/s1. The largest absolute Gasteiger partial charge is 0.445 e. The van der Waals surface area contributed by atoms with Crippen molar-refractivity contribution in [2.45, 2.75) is 19.1 Å². The predicted molar refractivity (Wildman–Crippen MR) is 64.4 cm³/mol. The highest BCUT2D eigenvalue weighted by Gasteiger charge is 2.37. The van der Waals surface area contributed by atoms with Crippen molar-refractivity contribution in [1.29, 1.82) is 0 Å². The van der Waals surface area contributed by atoms with Crippen LogP contribution in [0.5, 0.6) is 0 Å². The quantitative estimate of drug-likeness (QED) is 0.729. The van der Waals surface area contributed by atoms with Gasteiger partial charge < -0.3 is 9.64 Å². The van der Waals surface area contributed by atoms with Crippen molar-refractivity contribution in [2.24, 2.45) is 5.92 Å². The van der Waals surface area contributed by atoms with Gasteiger partial charge in [-0.2, -0.15) is 0 Å². The first-order chi connectivity index (χ1) is 8.33. The van der Waals surface area contributed by atoms with Gasteiger partial charge in [0.05, 0.1) is 6.04 Å². The summed E-state index contributed by atoms with van der Waals surface area (Å²) < 4.78 is 5.32. The van der Waals surface area contributed by atoms with Crippen molar-refractivity contribution < 1.29 is 9.53 Å². The van der Waals surface area contributed by atoms with Gasteiger partial charge in [-0.05, 0) is 17.9 Å². The zero-order valence-corrected chi connectivity index (χ0v) is 9.58. The molecule has 0 N–H and O–H groups in total. The predicted octanol–water partition coefficient (Wildman–Crippen LogP) is 2.58. The third kappa shape index (κ3) is 2.05. The fourth-order valence-electron chi connectivity index (χ4n) is 2.52. The van der Waals surface area contributed by atoms with Crippen molar-refractivity contribution in [3.8, 4) is 0 Å². The number of hydrogen-bond acceptors (Lipinski definition) is 2. The van der Waals surface area contributed by atoms with Crippen LogP contribution in [0.4, 0.5) is 4.79 Å². The van der Waals surface area contributed by atoms with Crippen LogP contribution < -0.4 is 0 Å². The minimum Gasteiger partial charge on any atom is -0.445 e. The fraction of sp³-hybridized carbons (Fsp3) is 0.357. The van der Waals surface area contributed by atoms with Crippen molar-refractivity contribution in [3.05, 3.63) is 48.0 Å². The smallest absolute Gasteiger partial charge is 0.410 e. The van der Waals surface area contributed by atoms with Gasteiger partial charge in [0.1, 0.15) is 6.61 Å². The maximum absolute atomic E-state index is 11.9. The molecule has 1 fully saturated rings. The van der Waals surface area contributed by atoms with Crippen molar-refractivity contribution in [3.63, 3.8) is 0 Å². The SMILES string of the molecule is O=C(OCc1ccccc1)N1C[C@H]2C=C[C@@H]1C2. The molecule has 1 saturated heterocycles. The van der Waals surface area contributed by atoms with E-state index in [1.165, 1.54) is 0 Å². The van der Waals surface area contributed by atoms with Gasteiger partial charge in [-0.25, -0.2) is 4.79 Å². The second kappa shape index (κ2) is 4.24. The molecule has 2 atom stereocenters. The first-order valence-corrected chi connectivity index (χ1v) is 5.98. The van der Waals surface area contributed by atoms with Gasteiger partial charge in [-0.15, -0.1) is 0 Å². The molecule has 1 aliphatic heterocycles. The summed E-state index contributed by atoms with van der Waals surface area (Å²) in [5.74, 6) is 0.546. The van der Waals surface area contributed by atoms with Crippen LogP contribution in [-0.2, 0) is 11.3 Å². The van der Waals surface area contributed by atoms with E-state index in [-0.39, 0.29) is 12.1 Å².